The summed E-state index contributed by atoms with van der Waals surface area (Å²) in [6.45, 7) is 2.32. The lowest BCUT2D eigenvalue weighted by molar-refractivity contribution is -0.130. The minimum Gasteiger partial charge on any atom is -0.476 e. The molecule has 94 valence electrons. The molecule has 0 aromatic carbocycles. The summed E-state index contributed by atoms with van der Waals surface area (Å²) in [4.78, 5) is 23.9. The van der Waals surface area contributed by atoms with Crippen molar-refractivity contribution in [3.63, 3.8) is 0 Å². The van der Waals surface area contributed by atoms with Gasteiger partial charge in [-0.2, -0.15) is 0 Å². The minimum absolute atomic E-state index is 0.0300. The molecule has 1 rings (SSSR count). The average molecular weight is 241 g/mol. The number of hydrogen-bond donors (Lipinski definition) is 2. The lowest BCUT2D eigenvalue weighted by atomic mass is 10.3. The molecule has 1 aromatic rings. The fourth-order valence-corrected chi connectivity index (χ4v) is 1.25. The number of carbonyl (C=O) groups is 2. The smallest absolute Gasteiger partial charge is 0.358 e. The third-order valence-corrected chi connectivity index (χ3v) is 2.42. The first kappa shape index (κ1) is 13.1. The number of aromatic nitrogens is 3. The fourth-order valence-electron chi connectivity index (χ4n) is 1.25. The van der Waals surface area contributed by atoms with E-state index in [1.807, 2.05) is 6.92 Å². The number of carboxylic acid groups (broad SMARTS) is 1. The first-order chi connectivity index (χ1) is 8.01. The van der Waals surface area contributed by atoms with Crippen molar-refractivity contribution in [3.8, 4) is 0 Å². The molecule has 0 aliphatic rings. The van der Waals surface area contributed by atoms with Gasteiger partial charge in [-0.3, -0.25) is 4.79 Å². The number of carboxylic acids is 1. The molecule has 0 saturated carbocycles. The Hall–Kier alpha value is -1.96. The number of rotatable bonds is 5. The maximum absolute atomic E-state index is 11.6. The van der Waals surface area contributed by atoms with Crippen LogP contribution in [0.1, 0.15) is 23.1 Å². The van der Waals surface area contributed by atoms with E-state index in [-0.39, 0.29) is 30.4 Å². The Bertz CT molecular complexity index is 428. The summed E-state index contributed by atoms with van der Waals surface area (Å²) in [5.41, 5.74) is 5.47. The molecule has 0 bridgehead atoms. The van der Waals surface area contributed by atoms with Crippen LogP contribution < -0.4 is 5.73 Å². The summed E-state index contributed by atoms with van der Waals surface area (Å²) < 4.78 is 1.22. The molecule has 0 unspecified atom stereocenters. The predicted molar refractivity (Wildman–Crippen MR) is 58.2 cm³/mol. The number of amides is 1. The fraction of sp³-hybridized carbons (Fsp3) is 0.556. The summed E-state index contributed by atoms with van der Waals surface area (Å²) in [6, 6.07) is 0. The molecule has 1 aromatic heterocycles. The number of nitrogens with two attached hydrogens (primary N) is 1. The number of carbonyl (C=O) groups excluding carboxylic acids is 1. The van der Waals surface area contributed by atoms with E-state index in [4.69, 9.17) is 10.8 Å². The Morgan fingerprint density at radius 1 is 1.53 bits per heavy atom. The molecule has 0 aliphatic heterocycles. The minimum atomic E-state index is -1.20. The van der Waals surface area contributed by atoms with Crippen molar-refractivity contribution in [1.29, 1.82) is 0 Å². The maximum Gasteiger partial charge on any atom is 0.358 e. The average Bonchev–Trinajstić information content (AvgIpc) is 2.70. The normalized spacial score (nSPS) is 10.3. The highest BCUT2D eigenvalue weighted by Crippen LogP contribution is 2.05. The quantitative estimate of drug-likeness (QED) is 0.677. The number of hydrogen-bond acceptors (Lipinski definition) is 5. The van der Waals surface area contributed by atoms with Gasteiger partial charge in [0.2, 0.25) is 5.91 Å². The maximum atomic E-state index is 11.6. The van der Waals surface area contributed by atoms with Gasteiger partial charge in [-0.05, 0) is 6.92 Å². The van der Waals surface area contributed by atoms with E-state index < -0.39 is 5.97 Å². The van der Waals surface area contributed by atoms with Crippen molar-refractivity contribution in [3.05, 3.63) is 11.4 Å². The Morgan fingerprint density at radius 3 is 2.65 bits per heavy atom. The van der Waals surface area contributed by atoms with Gasteiger partial charge in [0, 0.05) is 20.1 Å². The highest BCUT2D eigenvalue weighted by atomic mass is 16.4. The molecule has 0 aliphatic carbocycles. The van der Waals surface area contributed by atoms with Gasteiger partial charge in [-0.25, -0.2) is 9.48 Å². The van der Waals surface area contributed by atoms with E-state index in [1.54, 1.807) is 7.05 Å². The topological polar surface area (TPSA) is 114 Å². The molecule has 0 radical (unpaired) electrons. The highest BCUT2D eigenvalue weighted by Gasteiger charge is 2.19. The van der Waals surface area contributed by atoms with E-state index in [0.29, 0.717) is 6.54 Å². The van der Waals surface area contributed by atoms with Crippen molar-refractivity contribution in [2.45, 2.75) is 20.0 Å². The van der Waals surface area contributed by atoms with Crippen molar-refractivity contribution < 1.29 is 14.7 Å². The predicted octanol–water partition coefficient (Wildman–Crippen LogP) is -1.09. The molecule has 0 fully saturated rings. The van der Waals surface area contributed by atoms with Crippen molar-refractivity contribution >= 4 is 11.9 Å². The number of aromatic carboxylic acids is 1. The number of nitrogens with zero attached hydrogens (tertiary/aromatic N) is 4. The monoisotopic (exact) mass is 241 g/mol. The van der Waals surface area contributed by atoms with Crippen LogP contribution in [0.5, 0.6) is 0 Å². The molecular formula is C9H15N5O3. The zero-order valence-corrected chi connectivity index (χ0v) is 9.75. The third-order valence-electron chi connectivity index (χ3n) is 2.42. The van der Waals surface area contributed by atoms with Gasteiger partial charge in [0.25, 0.3) is 0 Å². The van der Waals surface area contributed by atoms with Crippen LogP contribution in [0.4, 0.5) is 0 Å². The summed E-state index contributed by atoms with van der Waals surface area (Å²) in [6.07, 6.45) is 0. The van der Waals surface area contributed by atoms with Gasteiger partial charge < -0.3 is 15.7 Å². The lowest BCUT2D eigenvalue weighted by Crippen LogP contribution is -2.31. The third kappa shape index (κ3) is 2.78. The van der Waals surface area contributed by atoms with E-state index in [9.17, 15) is 9.59 Å². The summed E-state index contributed by atoms with van der Waals surface area (Å²) in [5, 5.41) is 15.9. The van der Waals surface area contributed by atoms with E-state index in [1.165, 1.54) is 9.58 Å². The highest BCUT2D eigenvalue weighted by molar-refractivity contribution is 5.86. The van der Waals surface area contributed by atoms with E-state index >= 15 is 0 Å². The molecule has 8 heteroatoms. The van der Waals surface area contributed by atoms with Gasteiger partial charge in [0.1, 0.15) is 6.54 Å². The molecule has 1 amide bonds. The first-order valence-corrected chi connectivity index (χ1v) is 5.10. The van der Waals surface area contributed by atoms with Gasteiger partial charge in [-0.1, -0.05) is 5.21 Å². The molecule has 8 nitrogen and oxygen atoms in total. The van der Waals surface area contributed by atoms with Crippen LogP contribution in [0.25, 0.3) is 0 Å². The molecule has 1 heterocycles. The van der Waals surface area contributed by atoms with Crippen LogP contribution in [0.3, 0.4) is 0 Å². The van der Waals surface area contributed by atoms with Crippen LogP contribution in [-0.2, 0) is 17.9 Å². The lowest BCUT2D eigenvalue weighted by Gasteiger charge is -2.14. The van der Waals surface area contributed by atoms with E-state index in [0.717, 1.165) is 0 Å². The summed E-state index contributed by atoms with van der Waals surface area (Å²) in [7, 11) is 1.65. The van der Waals surface area contributed by atoms with Crippen LogP contribution in [0.15, 0.2) is 0 Å². The van der Waals surface area contributed by atoms with Gasteiger partial charge in [-0.15, -0.1) is 5.10 Å². The molecule has 0 atom stereocenters. The van der Waals surface area contributed by atoms with Crippen molar-refractivity contribution in [2.24, 2.45) is 5.73 Å². The standard InChI is InChI=1S/C9H15N5O3/c1-3-13(2)7(15)5-14-6(4-10)8(9(16)17)11-12-14/h3-5,10H2,1-2H3,(H,16,17). The molecule has 0 spiro atoms. The molecule has 0 saturated heterocycles. The second kappa shape index (κ2) is 5.39. The Balaban J connectivity index is 2.92. The molecule has 3 N–H and O–H groups in total. The molecular weight excluding hydrogens is 226 g/mol. The second-order valence-corrected chi connectivity index (χ2v) is 3.46. The summed E-state index contributed by atoms with van der Waals surface area (Å²) >= 11 is 0. The number of likely N-dealkylation sites (N-methyl/N-ethyl adjacent to an activating group) is 1. The van der Waals surface area contributed by atoms with Crippen molar-refractivity contribution in [1.82, 2.24) is 19.9 Å². The Labute approximate surface area is 98.0 Å². The Morgan fingerprint density at radius 2 is 2.18 bits per heavy atom. The van der Waals surface area contributed by atoms with Crippen LogP contribution in [0, 0.1) is 0 Å². The largest absolute Gasteiger partial charge is 0.476 e. The SMILES string of the molecule is CCN(C)C(=O)Cn1nnc(C(=O)O)c1CN. The van der Waals surface area contributed by atoms with Gasteiger partial charge in [0.05, 0.1) is 5.69 Å². The van der Waals surface area contributed by atoms with Gasteiger partial charge in [0.15, 0.2) is 5.69 Å². The first-order valence-electron chi connectivity index (χ1n) is 5.10. The van der Waals surface area contributed by atoms with Crippen LogP contribution in [0.2, 0.25) is 0 Å². The zero-order chi connectivity index (χ0) is 13.0. The zero-order valence-electron chi connectivity index (χ0n) is 9.75. The summed E-state index contributed by atoms with van der Waals surface area (Å²) in [5.74, 6) is -1.38. The van der Waals surface area contributed by atoms with Crippen LogP contribution in [-0.4, -0.2) is 50.5 Å². The molecule has 17 heavy (non-hydrogen) atoms. The van der Waals surface area contributed by atoms with Crippen molar-refractivity contribution in [2.75, 3.05) is 13.6 Å². The second-order valence-electron chi connectivity index (χ2n) is 3.46. The Kier molecular flexibility index (Phi) is 4.16. The van der Waals surface area contributed by atoms with Gasteiger partial charge >= 0.3 is 5.97 Å². The van der Waals surface area contributed by atoms with Crippen LogP contribution >= 0.6 is 0 Å². The van der Waals surface area contributed by atoms with E-state index in [2.05, 4.69) is 10.3 Å².